The maximum atomic E-state index is 10.6. The number of halogens is 1. The summed E-state index contributed by atoms with van der Waals surface area (Å²) < 4.78 is 0. The monoisotopic (exact) mass is 219 g/mol. The molecule has 0 atom stereocenters. The third-order valence-corrected chi connectivity index (χ3v) is 2.09. The van der Waals surface area contributed by atoms with Crippen LogP contribution in [0.1, 0.15) is 10.4 Å². The van der Waals surface area contributed by atoms with Gasteiger partial charge in [-0.1, -0.05) is 23.4 Å². The number of nitrogens with zero attached hydrogens (tertiary/aromatic N) is 2. The molecule has 1 rings (SSSR count). The van der Waals surface area contributed by atoms with Crippen LogP contribution in [0.25, 0.3) is 0 Å². The van der Waals surface area contributed by atoms with Crippen LogP contribution in [0, 0.1) is 0 Å². The summed E-state index contributed by atoms with van der Waals surface area (Å²) in [5.41, 5.74) is 5.12. The molecule has 1 heterocycles. The van der Waals surface area contributed by atoms with Gasteiger partial charge >= 0.3 is 5.97 Å². The van der Waals surface area contributed by atoms with Crippen LogP contribution in [0.3, 0.4) is 0 Å². The highest BCUT2D eigenvalue weighted by atomic mass is 35.5. The number of thioether (sulfide) groups is 1. The number of nitrogen functional groups attached to an aromatic ring is 1. The van der Waals surface area contributed by atoms with Gasteiger partial charge in [0.25, 0.3) is 0 Å². The van der Waals surface area contributed by atoms with Crippen LogP contribution < -0.4 is 5.73 Å². The van der Waals surface area contributed by atoms with E-state index in [9.17, 15) is 4.79 Å². The van der Waals surface area contributed by atoms with Crippen LogP contribution in [-0.4, -0.2) is 27.3 Å². The van der Waals surface area contributed by atoms with Gasteiger partial charge in [-0.05, 0) is 6.26 Å². The number of anilines is 1. The zero-order valence-corrected chi connectivity index (χ0v) is 8.19. The van der Waals surface area contributed by atoms with Gasteiger partial charge in [0, 0.05) is 0 Å². The summed E-state index contributed by atoms with van der Waals surface area (Å²) >= 11 is 6.82. The van der Waals surface area contributed by atoms with E-state index in [2.05, 4.69) is 9.97 Å². The second-order valence-corrected chi connectivity index (χ2v) is 3.20. The van der Waals surface area contributed by atoms with Gasteiger partial charge in [0.05, 0.1) is 0 Å². The van der Waals surface area contributed by atoms with Gasteiger partial charge in [-0.15, -0.1) is 0 Å². The van der Waals surface area contributed by atoms with Crippen LogP contribution in [0.15, 0.2) is 5.16 Å². The van der Waals surface area contributed by atoms with Gasteiger partial charge in [0.15, 0.2) is 5.16 Å². The van der Waals surface area contributed by atoms with Crippen LogP contribution in [-0.2, 0) is 0 Å². The summed E-state index contributed by atoms with van der Waals surface area (Å²) in [6.45, 7) is 0. The number of hydrogen-bond donors (Lipinski definition) is 2. The van der Waals surface area contributed by atoms with Crippen LogP contribution >= 0.6 is 23.4 Å². The molecule has 0 fully saturated rings. The molecule has 0 saturated carbocycles. The van der Waals surface area contributed by atoms with Crippen molar-refractivity contribution in [3.05, 3.63) is 10.7 Å². The van der Waals surface area contributed by atoms with E-state index in [-0.39, 0.29) is 16.5 Å². The fourth-order valence-electron chi connectivity index (χ4n) is 0.719. The first-order valence-corrected chi connectivity index (χ1v) is 4.76. The zero-order chi connectivity index (χ0) is 10.0. The van der Waals surface area contributed by atoms with E-state index in [0.29, 0.717) is 5.16 Å². The molecule has 0 bridgehead atoms. The van der Waals surface area contributed by atoms with E-state index < -0.39 is 5.97 Å². The number of aromatic nitrogens is 2. The second-order valence-electron chi connectivity index (χ2n) is 2.07. The van der Waals surface area contributed by atoms with Crippen molar-refractivity contribution < 1.29 is 9.90 Å². The van der Waals surface area contributed by atoms with Crippen molar-refractivity contribution in [3.8, 4) is 0 Å². The van der Waals surface area contributed by atoms with Crippen LogP contribution in [0.2, 0.25) is 5.15 Å². The highest BCUT2D eigenvalue weighted by Crippen LogP contribution is 2.21. The predicted octanol–water partition coefficient (Wildman–Crippen LogP) is 1.13. The molecule has 70 valence electrons. The molecular formula is C6H6ClN3O2S. The molecule has 0 amide bonds. The summed E-state index contributed by atoms with van der Waals surface area (Å²) in [5, 5.41) is 8.88. The van der Waals surface area contributed by atoms with Crippen molar-refractivity contribution in [1.82, 2.24) is 9.97 Å². The molecule has 0 aliphatic rings. The topological polar surface area (TPSA) is 89.1 Å². The molecule has 0 aliphatic carbocycles. The van der Waals surface area contributed by atoms with Crippen molar-refractivity contribution >= 4 is 35.1 Å². The van der Waals surface area contributed by atoms with Gasteiger partial charge in [-0.25, -0.2) is 14.8 Å². The summed E-state index contributed by atoms with van der Waals surface area (Å²) in [7, 11) is 0. The molecule has 0 spiro atoms. The van der Waals surface area contributed by atoms with Crippen molar-refractivity contribution in [1.29, 1.82) is 0 Å². The summed E-state index contributed by atoms with van der Waals surface area (Å²) in [5.74, 6) is -1.34. The van der Waals surface area contributed by atoms with E-state index in [1.165, 1.54) is 11.8 Å². The van der Waals surface area contributed by atoms with Crippen molar-refractivity contribution in [3.63, 3.8) is 0 Å². The number of nitrogens with two attached hydrogens (primary N) is 1. The van der Waals surface area contributed by atoms with Gasteiger partial charge in [-0.3, -0.25) is 0 Å². The van der Waals surface area contributed by atoms with Crippen molar-refractivity contribution in [2.45, 2.75) is 5.16 Å². The Morgan fingerprint density at radius 2 is 2.23 bits per heavy atom. The van der Waals surface area contributed by atoms with E-state index >= 15 is 0 Å². The molecule has 0 unspecified atom stereocenters. The number of carbonyl (C=O) groups is 1. The summed E-state index contributed by atoms with van der Waals surface area (Å²) in [6, 6.07) is 0. The van der Waals surface area contributed by atoms with Crippen molar-refractivity contribution in [2.24, 2.45) is 0 Å². The maximum absolute atomic E-state index is 10.6. The number of carboxylic acid groups (broad SMARTS) is 1. The summed E-state index contributed by atoms with van der Waals surface area (Å²) in [4.78, 5) is 18.1. The minimum Gasteiger partial charge on any atom is -0.477 e. The first-order valence-electron chi connectivity index (χ1n) is 3.16. The number of hydrogen-bond acceptors (Lipinski definition) is 5. The first-order chi connectivity index (χ1) is 6.06. The first kappa shape index (κ1) is 10.1. The molecule has 0 radical (unpaired) electrons. The Bertz CT molecular complexity index is 335. The summed E-state index contributed by atoms with van der Waals surface area (Å²) in [6.07, 6.45) is 1.74. The Labute approximate surface area is 83.3 Å². The third kappa shape index (κ3) is 2.02. The molecule has 1 aromatic rings. The predicted molar refractivity (Wildman–Crippen MR) is 50.2 cm³/mol. The quantitative estimate of drug-likeness (QED) is 0.440. The molecule has 7 heteroatoms. The molecule has 5 nitrogen and oxygen atoms in total. The average Bonchev–Trinajstić information content (AvgIpc) is 2.02. The Hall–Kier alpha value is -1.01. The van der Waals surface area contributed by atoms with Crippen molar-refractivity contribution in [2.75, 3.05) is 12.0 Å². The average molecular weight is 220 g/mol. The molecule has 1 aromatic heterocycles. The molecule has 0 aliphatic heterocycles. The highest BCUT2D eigenvalue weighted by molar-refractivity contribution is 7.98. The minimum atomic E-state index is -1.23. The fourth-order valence-corrected chi connectivity index (χ4v) is 1.40. The van der Waals surface area contributed by atoms with E-state index in [1.807, 2.05) is 0 Å². The Morgan fingerprint density at radius 3 is 2.62 bits per heavy atom. The SMILES string of the molecule is CSc1nc(N)c(C(=O)O)c(Cl)n1. The van der Waals surface area contributed by atoms with E-state index in [1.54, 1.807) is 6.26 Å². The number of aromatic carboxylic acids is 1. The van der Waals surface area contributed by atoms with E-state index in [4.69, 9.17) is 22.4 Å². The third-order valence-electron chi connectivity index (χ3n) is 1.27. The molecule has 3 N–H and O–H groups in total. The highest BCUT2D eigenvalue weighted by Gasteiger charge is 2.16. The lowest BCUT2D eigenvalue weighted by Gasteiger charge is -2.02. The minimum absolute atomic E-state index is 0.114. The lowest BCUT2D eigenvalue weighted by molar-refractivity contribution is 0.0697. The lowest BCUT2D eigenvalue weighted by atomic mass is 10.3. The standard InChI is InChI=1S/C6H6ClN3O2S/c1-13-6-9-3(7)2(5(11)12)4(8)10-6/h1H3,(H,11,12)(H2,8,9,10). The second kappa shape index (κ2) is 3.80. The Morgan fingerprint density at radius 1 is 1.62 bits per heavy atom. The fraction of sp³-hybridized carbons (Fsp3) is 0.167. The smallest absolute Gasteiger partial charge is 0.342 e. The van der Waals surface area contributed by atoms with E-state index in [0.717, 1.165) is 0 Å². The zero-order valence-electron chi connectivity index (χ0n) is 6.61. The largest absolute Gasteiger partial charge is 0.477 e. The Kier molecular flexibility index (Phi) is 2.94. The maximum Gasteiger partial charge on any atom is 0.342 e. The van der Waals surface area contributed by atoms with Gasteiger partial charge in [0.1, 0.15) is 16.5 Å². The molecule has 13 heavy (non-hydrogen) atoms. The number of carboxylic acids is 1. The normalized spacial score (nSPS) is 10.0. The van der Waals surface area contributed by atoms with Gasteiger partial charge < -0.3 is 10.8 Å². The van der Waals surface area contributed by atoms with Gasteiger partial charge in [-0.2, -0.15) is 0 Å². The lowest BCUT2D eigenvalue weighted by Crippen LogP contribution is -2.07. The molecule has 0 aromatic carbocycles. The Balaban J connectivity index is 3.31. The van der Waals surface area contributed by atoms with Gasteiger partial charge in [0.2, 0.25) is 0 Å². The van der Waals surface area contributed by atoms with Crippen LogP contribution in [0.5, 0.6) is 0 Å². The molecular weight excluding hydrogens is 214 g/mol. The molecule has 0 saturated heterocycles. The van der Waals surface area contributed by atoms with Crippen LogP contribution in [0.4, 0.5) is 5.82 Å². The number of rotatable bonds is 2.